The number of furan rings is 2. The molecule has 3 aromatic heterocycles. The summed E-state index contributed by atoms with van der Waals surface area (Å²) in [6, 6.07) is 13.9. The van der Waals surface area contributed by atoms with Crippen LogP contribution in [0.3, 0.4) is 0 Å². The Bertz CT molecular complexity index is 1380. The number of benzene rings is 1. The van der Waals surface area contributed by atoms with Gasteiger partial charge in [0, 0.05) is 19.6 Å². The summed E-state index contributed by atoms with van der Waals surface area (Å²) in [6.07, 6.45) is 4.01. The molecule has 9 nitrogen and oxygen atoms in total. The monoisotopic (exact) mass is 478 g/mol. The highest BCUT2D eigenvalue weighted by Gasteiger charge is 2.35. The van der Waals surface area contributed by atoms with Gasteiger partial charge < -0.3 is 13.9 Å². The molecule has 174 valence electrons. The van der Waals surface area contributed by atoms with Crippen LogP contribution in [-0.2, 0) is 11.3 Å². The smallest absolute Gasteiger partial charge is 0.262 e. The number of carbonyl (C=O) groups is 1. The number of para-hydroxylation sites is 1. The maximum atomic E-state index is 13.3. The molecule has 0 saturated heterocycles. The first-order valence-corrected chi connectivity index (χ1v) is 11.8. The normalized spacial score (nSPS) is 15.7. The van der Waals surface area contributed by atoms with Crippen molar-refractivity contribution in [1.29, 1.82) is 0 Å². The van der Waals surface area contributed by atoms with Crippen molar-refractivity contribution in [3.8, 4) is 0 Å². The van der Waals surface area contributed by atoms with Gasteiger partial charge in [-0.05, 0) is 42.8 Å². The Labute approximate surface area is 198 Å². The molecule has 1 aliphatic rings. The predicted molar refractivity (Wildman–Crippen MR) is 127 cm³/mol. The molecular formula is C24H22N4O5S. The molecule has 1 aromatic carbocycles. The molecule has 0 bridgehead atoms. The maximum absolute atomic E-state index is 13.3. The van der Waals surface area contributed by atoms with E-state index >= 15 is 0 Å². The third-order valence-electron chi connectivity index (χ3n) is 5.53. The molecule has 1 aliphatic heterocycles. The Morgan fingerprint density at radius 3 is 2.71 bits per heavy atom. The summed E-state index contributed by atoms with van der Waals surface area (Å²) < 4.78 is 12.6. The number of fused-ring (bicyclic) bond motifs is 1. The van der Waals surface area contributed by atoms with E-state index in [1.165, 1.54) is 21.3 Å². The van der Waals surface area contributed by atoms with Crippen molar-refractivity contribution >= 4 is 34.3 Å². The van der Waals surface area contributed by atoms with Crippen LogP contribution in [0.1, 0.15) is 30.4 Å². The summed E-state index contributed by atoms with van der Waals surface area (Å²) in [7, 11) is 0. The Balaban J connectivity index is 1.42. The molecule has 0 aliphatic carbocycles. The van der Waals surface area contributed by atoms with Crippen LogP contribution in [0.15, 0.2) is 84.9 Å². The van der Waals surface area contributed by atoms with Gasteiger partial charge in [0.2, 0.25) is 0 Å². The van der Waals surface area contributed by atoms with Gasteiger partial charge in [-0.2, -0.15) is 5.10 Å². The molecule has 4 aromatic rings. The molecule has 0 saturated carbocycles. The fourth-order valence-electron chi connectivity index (χ4n) is 3.91. The molecule has 0 spiro atoms. The Morgan fingerprint density at radius 2 is 1.94 bits per heavy atom. The van der Waals surface area contributed by atoms with Crippen LogP contribution in [0.25, 0.3) is 10.9 Å². The van der Waals surface area contributed by atoms with Gasteiger partial charge in [-0.1, -0.05) is 23.9 Å². The van der Waals surface area contributed by atoms with E-state index in [0.717, 1.165) is 0 Å². The molecule has 1 atom stereocenters. The number of hydrazone groups is 1. The van der Waals surface area contributed by atoms with E-state index in [1.54, 1.807) is 48.9 Å². The summed E-state index contributed by atoms with van der Waals surface area (Å²) in [4.78, 5) is 30.9. The second kappa shape index (κ2) is 9.70. The number of hydrogen-bond donors (Lipinski definition) is 1. The van der Waals surface area contributed by atoms with Gasteiger partial charge in [0.1, 0.15) is 23.3 Å². The van der Waals surface area contributed by atoms with E-state index in [0.29, 0.717) is 52.7 Å². The molecule has 1 amide bonds. The largest absolute Gasteiger partial charge is 0.467 e. The zero-order valence-electron chi connectivity index (χ0n) is 18.2. The lowest BCUT2D eigenvalue weighted by atomic mass is 10.1. The number of aliphatic hydroxyl groups is 1. The molecular weight excluding hydrogens is 456 g/mol. The first-order valence-electron chi connectivity index (χ1n) is 10.9. The molecule has 34 heavy (non-hydrogen) atoms. The second-order valence-corrected chi connectivity index (χ2v) is 8.67. The lowest BCUT2D eigenvalue weighted by Crippen LogP contribution is -2.29. The molecule has 1 N–H and O–H groups in total. The van der Waals surface area contributed by atoms with Gasteiger partial charge in [0.25, 0.3) is 11.5 Å². The van der Waals surface area contributed by atoms with Crippen LogP contribution in [-0.4, -0.2) is 43.6 Å². The minimum Gasteiger partial charge on any atom is -0.467 e. The van der Waals surface area contributed by atoms with Crippen molar-refractivity contribution in [3.05, 3.63) is 82.9 Å². The Hall–Kier alpha value is -3.63. The van der Waals surface area contributed by atoms with Crippen LogP contribution in [0.2, 0.25) is 0 Å². The molecule has 0 fully saturated rings. The average molecular weight is 479 g/mol. The standard InChI is InChI=1S/C24H22N4O5S/c29-11-5-10-27-23(31)16-6-1-2-7-17(16)25-24(27)34-15-22(30)28-19(21-9-4-13-33-21)14-18(26-28)20-8-3-12-32-20/h1-4,6-9,12-13,19,29H,5,10-11,14-15H2/t19-/m1/s1. The summed E-state index contributed by atoms with van der Waals surface area (Å²) >= 11 is 1.18. The van der Waals surface area contributed by atoms with Crippen molar-refractivity contribution in [2.24, 2.45) is 5.10 Å². The van der Waals surface area contributed by atoms with E-state index in [1.807, 2.05) is 12.1 Å². The Morgan fingerprint density at radius 1 is 1.12 bits per heavy atom. The predicted octanol–water partition coefficient (Wildman–Crippen LogP) is 3.43. The number of nitrogens with zero attached hydrogens (tertiary/aromatic N) is 4. The van der Waals surface area contributed by atoms with E-state index in [-0.39, 0.29) is 29.9 Å². The quantitative estimate of drug-likeness (QED) is 0.305. The van der Waals surface area contributed by atoms with E-state index in [4.69, 9.17) is 8.83 Å². The number of aromatic nitrogens is 2. The lowest BCUT2D eigenvalue weighted by Gasteiger charge is -2.20. The van der Waals surface area contributed by atoms with Crippen molar-refractivity contribution < 1.29 is 18.7 Å². The summed E-state index contributed by atoms with van der Waals surface area (Å²) in [5.41, 5.74) is 1.03. The van der Waals surface area contributed by atoms with E-state index < -0.39 is 0 Å². The first kappa shape index (κ1) is 22.2. The van der Waals surface area contributed by atoms with Crippen LogP contribution >= 0.6 is 11.8 Å². The fourth-order valence-corrected chi connectivity index (χ4v) is 4.79. The lowest BCUT2D eigenvalue weighted by molar-refractivity contribution is -0.130. The molecule has 4 heterocycles. The van der Waals surface area contributed by atoms with Crippen molar-refractivity contribution in [2.75, 3.05) is 12.4 Å². The Kier molecular flexibility index (Phi) is 6.33. The van der Waals surface area contributed by atoms with Crippen molar-refractivity contribution in [1.82, 2.24) is 14.6 Å². The highest BCUT2D eigenvalue weighted by Crippen LogP contribution is 2.34. The van der Waals surface area contributed by atoms with Gasteiger partial charge in [0.15, 0.2) is 5.16 Å². The SMILES string of the molecule is O=C(CSc1nc2ccccc2c(=O)n1CCCO)N1N=C(c2ccco2)C[C@@H]1c1ccco1. The minimum absolute atomic E-state index is 0.0239. The van der Waals surface area contributed by atoms with Gasteiger partial charge in [-0.3, -0.25) is 14.2 Å². The minimum atomic E-state index is -0.385. The van der Waals surface area contributed by atoms with Gasteiger partial charge >= 0.3 is 0 Å². The van der Waals surface area contributed by atoms with Gasteiger partial charge in [0.05, 0.1) is 29.2 Å². The summed E-state index contributed by atoms with van der Waals surface area (Å²) in [6.45, 7) is 0.258. The maximum Gasteiger partial charge on any atom is 0.262 e. The molecule has 0 radical (unpaired) electrons. The molecule has 0 unspecified atom stereocenters. The second-order valence-electron chi connectivity index (χ2n) is 7.73. The number of rotatable bonds is 8. The highest BCUT2D eigenvalue weighted by atomic mass is 32.2. The number of hydrogen-bond acceptors (Lipinski definition) is 8. The van der Waals surface area contributed by atoms with Crippen LogP contribution in [0.5, 0.6) is 0 Å². The van der Waals surface area contributed by atoms with Gasteiger partial charge in [-0.25, -0.2) is 9.99 Å². The van der Waals surface area contributed by atoms with Gasteiger partial charge in [-0.15, -0.1) is 0 Å². The summed E-state index contributed by atoms with van der Waals surface area (Å²) in [5.74, 6) is 1.01. The number of thioether (sulfide) groups is 1. The van der Waals surface area contributed by atoms with Crippen LogP contribution < -0.4 is 5.56 Å². The average Bonchev–Trinajstić information content (AvgIpc) is 3.63. The third kappa shape index (κ3) is 4.29. The third-order valence-corrected chi connectivity index (χ3v) is 6.50. The fraction of sp³-hybridized carbons (Fsp3) is 0.250. The molecule has 5 rings (SSSR count). The van der Waals surface area contributed by atoms with Crippen LogP contribution in [0.4, 0.5) is 0 Å². The highest BCUT2D eigenvalue weighted by molar-refractivity contribution is 7.99. The topological polar surface area (TPSA) is 114 Å². The van der Waals surface area contributed by atoms with Crippen molar-refractivity contribution in [2.45, 2.75) is 30.6 Å². The van der Waals surface area contributed by atoms with E-state index in [9.17, 15) is 14.7 Å². The number of aliphatic hydroxyl groups excluding tert-OH is 1. The summed E-state index contributed by atoms with van der Waals surface area (Å²) in [5, 5.41) is 16.1. The van der Waals surface area contributed by atoms with E-state index in [2.05, 4.69) is 10.1 Å². The first-order chi connectivity index (χ1) is 16.7. The number of amides is 1. The number of carbonyl (C=O) groups excluding carboxylic acids is 1. The zero-order chi connectivity index (χ0) is 23.5. The molecule has 10 heteroatoms. The van der Waals surface area contributed by atoms with Crippen molar-refractivity contribution in [3.63, 3.8) is 0 Å². The van der Waals surface area contributed by atoms with Crippen LogP contribution in [0, 0.1) is 0 Å². The zero-order valence-corrected chi connectivity index (χ0v) is 19.0.